The van der Waals surface area contributed by atoms with Crippen molar-refractivity contribution >= 4 is 23.5 Å². The van der Waals surface area contributed by atoms with E-state index in [2.05, 4.69) is 27.2 Å². The minimum atomic E-state index is -0.221. The second-order valence-corrected chi connectivity index (χ2v) is 6.04. The molecule has 1 N–H and O–H groups in total. The molecule has 0 aliphatic heterocycles. The van der Waals surface area contributed by atoms with Crippen LogP contribution in [-0.4, -0.2) is 16.7 Å². The van der Waals surface area contributed by atoms with Gasteiger partial charge >= 0.3 is 0 Å². The number of hydrogen-bond acceptors (Lipinski definition) is 3. The van der Waals surface area contributed by atoms with Crippen molar-refractivity contribution in [1.82, 2.24) is 9.99 Å². The first kappa shape index (κ1) is 15.2. The summed E-state index contributed by atoms with van der Waals surface area (Å²) >= 11 is 1.59. The van der Waals surface area contributed by atoms with Crippen LogP contribution < -0.4 is 5.43 Å². The number of nitrogens with zero attached hydrogens (tertiary/aromatic N) is 2. The summed E-state index contributed by atoms with van der Waals surface area (Å²) in [7, 11) is 0. The molecule has 0 bridgehead atoms. The van der Waals surface area contributed by atoms with Gasteiger partial charge in [-0.05, 0) is 61.0 Å². The largest absolute Gasteiger partial charge is 0.318 e. The van der Waals surface area contributed by atoms with Crippen molar-refractivity contribution in [3.63, 3.8) is 0 Å². The van der Waals surface area contributed by atoms with Gasteiger partial charge in [-0.25, -0.2) is 5.43 Å². The van der Waals surface area contributed by atoms with E-state index in [1.54, 1.807) is 23.6 Å². The molecule has 0 saturated carbocycles. The van der Waals surface area contributed by atoms with Crippen LogP contribution in [0.15, 0.2) is 58.3 Å². The van der Waals surface area contributed by atoms with Gasteiger partial charge < -0.3 is 4.57 Å². The van der Waals surface area contributed by atoms with Crippen molar-refractivity contribution in [3.8, 4) is 5.69 Å². The molecular weight excluding hydrogens is 306 g/mol. The van der Waals surface area contributed by atoms with Crippen LogP contribution in [-0.2, 0) is 0 Å². The first-order chi connectivity index (χ1) is 11.1. The Morgan fingerprint density at radius 2 is 1.96 bits per heavy atom. The summed E-state index contributed by atoms with van der Waals surface area (Å²) in [5.41, 5.74) is 7.36. The predicted octanol–water partition coefficient (Wildman–Crippen LogP) is 3.92. The highest BCUT2D eigenvalue weighted by Crippen LogP contribution is 2.17. The number of aryl methyl sites for hydroxylation is 2. The van der Waals surface area contributed by atoms with E-state index in [0.717, 1.165) is 22.6 Å². The Morgan fingerprint density at radius 1 is 1.17 bits per heavy atom. The van der Waals surface area contributed by atoms with Crippen molar-refractivity contribution < 1.29 is 4.79 Å². The molecule has 0 radical (unpaired) electrons. The zero-order chi connectivity index (χ0) is 16.2. The number of benzene rings is 1. The highest BCUT2D eigenvalue weighted by atomic mass is 32.1. The Morgan fingerprint density at radius 3 is 2.65 bits per heavy atom. The molecule has 0 aliphatic rings. The predicted molar refractivity (Wildman–Crippen MR) is 94.6 cm³/mol. The number of rotatable bonds is 4. The molecule has 0 saturated heterocycles. The number of carbonyl (C=O) groups excluding carboxylic acids is 1. The molecule has 3 aromatic rings. The molecule has 4 nitrogen and oxygen atoms in total. The third-order valence-electron chi connectivity index (χ3n) is 3.56. The Balaban J connectivity index is 1.78. The van der Waals surface area contributed by atoms with Gasteiger partial charge in [0.15, 0.2) is 0 Å². The van der Waals surface area contributed by atoms with E-state index < -0.39 is 0 Å². The van der Waals surface area contributed by atoms with Gasteiger partial charge in [-0.3, -0.25) is 4.79 Å². The van der Waals surface area contributed by atoms with Gasteiger partial charge in [0.25, 0.3) is 5.91 Å². The molecule has 116 valence electrons. The van der Waals surface area contributed by atoms with Crippen LogP contribution in [0.1, 0.15) is 27.3 Å². The van der Waals surface area contributed by atoms with Crippen molar-refractivity contribution in [2.45, 2.75) is 13.8 Å². The maximum absolute atomic E-state index is 12.2. The van der Waals surface area contributed by atoms with E-state index in [0.29, 0.717) is 5.56 Å². The molecule has 0 spiro atoms. The molecule has 1 aromatic carbocycles. The van der Waals surface area contributed by atoms with Crippen molar-refractivity contribution in [1.29, 1.82) is 0 Å². The van der Waals surface area contributed by atoms with Crippen LogP contribution in [0.4, 0.5) is 0 Å². The Hall–Kier alpha value is -2.66. The van der Waals surface area contributed by atoms with Crippen molar-refractivity contribution in [3.05, 3.63) is 75.7 Å². The second kappa shape index (κ2) is 6.62. The Labute approximate surface area is 139 Å². The Bertz CT molecular complexity index is 828. The zero-order valence-electron chi connectivity index (χ0n) is 13.0. The van der Waals surface area contributed by atoms with Gasteiger partial charge in [0.2, 0.25) is 0 Å². The number of hydrogen-bond donors (Lipinski definition) is 1. The summed E-state index contributed by atoms with van der Waals surface area (Å²) in [6, 6.07) is 13.6. The van der Waals surface area contributed by atoms with Gasteiger partial charge in [-0.1, -0.05) is 6.07 Å². The average molecular weight is 323 g/mol. The molecule has 3 rings (SSSR count). The van der Waals surface area contributed by atoms with E-state index in [9.17, 15) is 4.79 Å². The van der Waals surface area contributed by atoms with Crippen LogP contribution in [0, 0.1) is 13.8 Å². The topological polar surface area (TPSA) is 46.4 Å². The quantitative estimate of drug-likeness (QED) is 0.574. The average Bonchev–Trinajstić information content (AvgIpc) is 3.17. The fourth-order valence-corrected chi connectivity index (χ4v) is 3.05. The molecule has 0 atom stereocenters. The lowest BCUT2D eigenvalue weighted by Crippen LogP contribution is -2.17. The molecule has 23 heavy (non-hydrogen) atoms. The maximum Gasteiger partial charge on any atom is 0.271 e. The third-order valence-corrected chi connectivity index (χ3v) is 4.26. The van der Waals surface area contributed by atoms with Crippen LogP contribution in [0.25, 0.3) is 5.69 Å². The summed E-state index contributed by atoms with van der Waals surface area (Å²) in [6.07, 6.45) is 1.64. The number of aromatic nitrogens is 1. The molecule has 0 fully saturated rings. The summed E-state index contributed by atoms with van der Waals surface area (Å²) in [4.78, 5) is 12.2. The van der Waals surface area contributed by atoms with Gasteiger partial charge in [0.05, 0.1) is 6.21 Å². The Kier molecular flexibility index (Phi) is 4.39. The lowest BCUT2D eigenvalue weighted by Gasteiger charge is -2.10. The van der Waals surface area contributed by atoms with Crippen LogP contribution >= 0.6 is 11.3 Å². The summed E-state index contributed by atoms with van der Waals surface area (Å²) in [5, 5.41) is 7.93. The van der Waals surface area contributed by atoms with Gasteiger partial charge in [0, 0.05) is 28.2 Å². The smallest absolute Gasteiger partial charge is 0.271 e. The summed E-state index contributed by atoms with van der Waals surface area (Å²) in [5.74, 6) is -0.221. The van der Waals surface area contributed by atoms with Crippen molar-refractivity contribution in [2.75, 3.05) is 0 Å². The van der Waals surface area contributed by atoms with Gasteiger partial charge in [0.1, 0.15) is 0 Å². The molecule has 2 heterocycles. The fourth-order valence-electron chi connectivity index (χ4n) is 2.44. The lowest BCUT2D eigenvalue weighted by molar-refractivity contribution is 0.0955. The van der Waals surface area contributed by atoms with Gasteiger partial charge in [-0.2, -0.15) is 16.4 Å². The summed E-state index contributed by atoms with van der Waals surface area (Å²) in [6.45, 7) is 4.09. The monoisotopic (exact) mass is 323 g/mol. The minimum Gasteiger partial charge on any atom is -0.318 e. The normalized spacial score (nSPS) is 11.0. The van der Waals surface area contributed by atoms with E-state index >= 15 is 0 Å². The molecule has 1 amide bonds. The number of nitrogens with one attached hydrogen (secondary N) is 1. The SMILES string of the molecule is Cc1ccc(C)n1-c1cccc(C(=O)N/N=C\c2ccsc2)c1. The third kappa shape index (κ3) is 3.40. The van der Waals surface area contributed by atoms with Gasteiger partial charge in [-0.15, -0.1) is 0 Å². The maximum atomic E-state index is 12.2. The van der Waals surface area contributed by atoms with E-state index in [1.165, 1.54) is 0 Å². The highest BCUT2D eigenvalue weighted by Gasteiger charge is 2.08. The second-order valence-electron chi connectivity index (χ2n) is 5.26. The molecule has 2 aromatic heterocycles. The number of amides is 1. The number of thiophene rings is 1. The van der Waals surface area contributed by atoms with E-state index in [-0.39, 0.29) is 5.91 Å². The van der Waals surface area contributed by atoms with Crippen LogP contribution in [0.2, 0.25) is 0 Å². The lowest BCUT2D eigenvalue weighted by atomic mass is 10.2. The molecule has 5 heteroatoms. The summed E-state index contributed by atoms with van der Waals surface area (Å²) < 4.78 is 2.12. The minimum absolute atomic E-state index is 0.221. The molecule has 0 unspecified atom stereocenters. The van der Waals surface area contributed by atoms with Crippen molar-refractivity contribution in [2.24, 2.45) is 5.10 Å². The van der Waals surface area contributed by atoms with E-state index in [4.69, 9.17) is 0 Å². The number of carbonyl (C=O) groups is 1. The standard InChI is InChI=1S/C18H17N3OS/c1-13-6-7-14(2)21(13)17-5-3-4-16(10-17)18(22)20-19-11-15-8-9-23-12-15/h3-12H,1-2H3,(H,20,22)/b19-11-. The first-order valence-corrected chi connectivity index (χ1v) is 8.20. The first-order valence-electron chi connectivity index (χ1n) is 7.26. The van der Waals surface area contributed by atoms with E-state index in [1.807, 2.05) is 48.9 Å². The zero-order valence-corrected chi connectivity index (χ0v) is 13.8. The highest BCUT2D eigenvalue weighted by molar-refractivity contribution is 7.08. The molecule has 0 aliphatic carbocycles. The number of hydrazone groups is 1. The fraction of sp³-hybridized carbons (Fsp3) is 0.111. The van der Waals surface area contributed by atoms with Crippen LogP contribution in [0.5, 0.6) is 0 Å². The van der Waals surface area contributed by atoms with Crippen LogP contribution in [0.3, 0.4) is 0 Å². The molecular formula is C18H17N3OS.